The zero-order valence-corrected chi connectivity index (χ0v) is 18.0. The predicted molar refractivity (Wildman–Crippen MR) is 115 cm³/mol. The molecule has 166 valence electrons. The molecule has 29 heavy (non-hydrogen) atoms. The molecule has 0 bridgehead atoms. The van der Waals surface area contributed by atoms with E-state index < -0.39 is 27.5 Å². The molecule has 0 saturated heterocycles. The van der Waals surface area contributed by atoms with Gasteiger partial charge in [-0.1, -0.05) is 78.1 Å². The Hall–Kier alpha value is -0.410. The topological polar surface area (TPSA) is 107 Å². The average Bonchev–Trinajstić information content (AvgIpc) is 2.64. The SMILES string of the molecule is CCCCCCCCCCCCCOC(=O)C=CC(=O)OC(CC)S(=O)(=O)O.[NaH]. The summed E-state index contributed by atoms with van der Waals surface area (Å²) in [6.07, 6.45) is 14.8. The standard InChI is InChI=1S/C20H36O7S.Na.H/c1-3-5-6-7-8-9-10-11-12-13-14-17-26-18(21)15-16-19(22)27-20(4-2)28(23,24)25;;/h15-16,20H,3-14,17H2,1-2H3,(H,23,24,25);;. The van der Waals surface area contributed by atoms with Crippen LogP contribution in [0.5, 0.6) is 0 Å². The van der Waals surface area contributed by atoms with E-state index in [9.17, 15) is 18.0 Å². The molecule has 0 aliphatic carbocycles. The van der Waals surface area contributed by atoms with Crippen molar-refractivity contribution in [3.05, 3.63) is 12.2 Å². The zero-order chi connectivity index (χ0) is 21.3. The molecule has 0 aromatic heterocycles. The molecule has 0 aromatic rings. The Morgan fingerprint density at radius 3 is 1.72 bits per heavy atom. The van der Waals surface area contributed by atoms with E-state index in [0.717, 1.165) is 31.4 Å². The zero-order valence-electron chi connectivity index (χ0n) is 17.2. The fourth-order valence-corrected chi connectivity index (χ4v) is 3.28. The van der Waals surface area contributed by atoms with Gasteiger partial charge in [-0.3, -0.25) is 4.55 Å². The molecule has 0 spiro atoms. The Morgan fingerprint density at radius 2 is 1.28 bits per heavy atom. The van der Waals surface area contributed by atoms with Crippen molar-refractivity contribution in [1.82, 2.24) is 0 Å². The Morgan fingerprint density at radius 1 is 0.828 bits per heavy atom. The van der Waals surface area contributed by atoms with E-state index in [0.29, 0.717) is 0 Å². The summed E-state index contributed by atoms with van der Waals surface area (Å²) in [5.41, 5.74) is -1.64. The van der Waals surface area contributed by atoms with Gasteiger partial charge >= 0.3 is 51.6 Å². The molecule has 7 nitrogen and oxygen atoms in total. The summed E-state index contributed by atoms with van der Waals surface area (Å²) in [5.74, 6) is -1.72. The van der Waals surface area contributed by atoms with Crippen LogP contribution >= 0.6 is 0 Å². The van der Waals surface area contributed by atoms with Crippen LogP contribution in [0.1, 0.15) is 90.9 Å². The minimum atomic E-state index is -4.48. The monoisotopic (exact) mass is 444 g/mol. The second-order valence-corrected chi connectivity index (χ2v) is 8.38. The van der Waals surface area contributed by atoms with Crippen molar-refractivity contribution < 1.29 is 32.0 Å². The number of ether oxygens (including phenoxy) is 2. The van der Waals surface area contributed by atoms with Gasteiger partial charge < -0.3 is 9.47 Å². The second-order valence-electron chi connectivity index (χ2n) is 6.83. The summed E-state index contributed by atoms with van der Waals surface area (Å²) < 4.78 is 40.3. The van der Waals surface area contributed by atoms with Gasteiger partial charge in [0.15, 0.2) is 0 Å². The first-order chi connectivity index (χ1) is 13.3. The molecule has 0 aliphatic heterocycles. The molecule has 0 amide bonds. The van der Waals surface area contributed by atoms with Gasteiger partial charge in [0.2, 0.25) is 5.44 Å². The first kappa shape index (κ1) is 30.8. The third kappa shape index (κ3) is 19.3. The first-order valence-electron chi connectivity index (χ1n) is 10.3. The molecular weight excluding hydrogens is 407 g/mol. The second kappa shape index (κ2) is 19.5. The summed E-state index contributed by atoms with van der Waals surface area (Å²) in [4.78, 5) is 22.9. The van der Waals surface area contributed by atoms with E-state index in [-0.39, 0.29) is 42.6 Å². The molecule has 9 heteroatoms. The average molecular weight is 445 g/mol. The molecule has 0 radical (unpaired) electrons. The third-order valence-corrected chi connectivity index (χ3v) is 5.35. The van der Waals surface area contributed by atoms with Crippen LogP contribution in [0.25, 0.3) is 0 Å². The Bertz CT molecular complexity index is 561. The molecule has 0 heterocycles. The Labute approximate surface area is 198 Å². The van der Waals surface area contributed by atoms with Crippen LogP contribution in [-0.2, 0) is 29.2 Å². The van der Waals surface area contributed by atoms with Gasteiger partial charge in [-0.15, -0.1) is 0 Å². The molecule has 0 fully saturated rings. The van der Waals surface area contributed by atoms with Crippen molar-refractivity contribution in [3.8, 4) is 0 Å². The summed E-state index contributed by atoms with van der Waals surface area (Å²) in [5, 5.41) is 0. The van der Waals surface area contributed by atoms with E-state index in [1.807, 2.05) is 0 Å². The molecule has 1 atom stereocenters. The summed E-state index contributed by atoms with van der Waals surface area (Å²) in [6, 6.07) is 0. The van der Waals surface area contributed by atoms with Gasteiger partial charge in [-0.25, -0.2) is 9.59 Å². The van der Waals surface area contributed by atoms with Gasteiger partial charge in [0, 0.05) is 12.2 Å². The minimum absolute atomic E-state index is 0. The van der Waals surface area contributed by atoms with Crippen LogP contribution < -0.4 is 0 Å². The van der Waals surface area contributed by atoms with Crippen molar-refractivity contribution in [1.29, 1.82) is 0 Å². The number of unbranched alkanes of at least 4 members (excludes halogenated alkanes) is 10. The molecule has 1 N–H and O–H groups in total. The van der Waals surface area contributed by atoms with Gasteiger partial charge in [-0.2, -0.15) is 8.42 Å². The number of hydrogen-bond acceptors (Lipinski definition) is 6. The van der Waals surface area contributed by atoms with Crippen molar-refractivity contribution >= 4 is 51.6 Å². The number of hydrogen-bond donors (Lipinski definition) is 1. The number of carbonyl (C=O) groups is 2. The predicted octanol–water partition coefficient (Wildman–Crippen LogP) is 3.92. The van der Waals surface area contributed by atoms with E-state index in [1.54, 1.807) is 0 Å². The Balaban J connectivity index is 0. The normalized spacial score (nSPS) is 12.4. The Kier molecular flexibility index (Phi) is 20.7. The third-order valence-electron chi connectivity index (χ3n) is 4.26. The van der Waals surface area contributed by atoms with Crippen molar-refractivity contribution in [2.75, 3.05) is 6.61 Å². The van der Waals surface area contributed by atoms with Crippen LogP contribution in [0.3, 0.4) is 0 Å². The van der Waals surface area contributed by atoms with Crippen LogP contribution in [0.15, 0.2) is 12.2 Å². The fraction of sp³-hybridized carbons (Fsp3) is 0.800. The number of esters is 2. The molecule has 0 aliphatic rings. The maximum atomic E-state index is 11.5. The van der Waals surface area contributed by atoms with E-state index in [1.165, 1.54) is 58.3 Å². The quantitative estimate of drug-likeness (QED) is 0.119. The van der Waals surface area contributed by atoms with Crippen LogP contribution in [0.2, 0.25) is 0 Å². The maximum absolute atomic E-state index is 11.5. The van der Waals surface area contributed by atoms with Crippen LogP contribution in [0.4, 0.5) is 0 Å². The molecule has 0 saturated carbocycles. The van der Waals surface area contributed by atoms with E-state index in [4.69, 9.17) is 9.29 Å². The molecule has 0 aromatic carbocycles. The van der Waals surface area contributed by atoms with Crippen LogP contribution in [0, 0.1) is 0 Å². The summed E-state index contributed by atoms with van der Waals surface area (Å²) in [6.45, 7) is 3.94. The van der Waals surface area contributed by atoms with Gasteiger partial charge in [0.05, 0.1) is 6.61 Å². The van der Waals surface area contributed by atoms with Gasteiger partial charge in [-0.05, 0) is 12.8 Å². The number of rotatable bonds is 17. The van der Waals surface area contributed by atoms with Gasteiger partial charge in [0.25, 0.3) is 0 Å². The summed E-state index contributed by atoms with van der Waals surface area (Å²) >= 11 is 0. The molecule has 1 unspecified atom stereocenters. The first-order valence-corrected chi connectivity index (χ1v) is 11.8. The number of carbonyl (C=O) groups excluding carboxylic acids is 2. The van der Waals surface area contributed by atoms with Gasteiger partial charge in [0.1, 0.15) is 0 Å². The van der Waals surface area contributed by atoms with Crippen molar-refractivity contribution in [2.24, 2.45) is 0 Å². The molecule has 0 rings (SSSR count). The van der Waals surface area contributed by atoms with E-state index in [2.05, 4.69) is 11.7 Å². The molecular formula is C20H37NaO7S. The van der Waals surface area contributed by atoms with Crippen LogP contribution in [-0.4, -0.2) is 66.5 Å². The summed E-state index contributed by atoms with van der Waals surface area (Å²) in [7, 11) is -4.48. The fourth-order valence-electron chi connectivity index (χ4n) is 2.65. The van der Waals surface area contributed by atoms with Crippen molar-refractivity contribution in [3.63, 3.8) is 0 Å². The van der Waals surface area contributed by atoms with Crippen molar-refractivity contribution in [2.45, 2.75) is 96.3 Å². The van der Waals surface area contributed by atoms with E-state index >= 15 is 0 Å².